The van der Waals surface area contributed by atoms with E-state index in [4.69, 9.17) is 5.73 Å². The molecule has 0 aliphatic carbocycles. The fourth-order valence-corrected chi connectivity index (χ4v) is 2.75. The van der Waals surface area contributed by atoms with E-state index in [9.17, 15) is 8.42 Å². The van der Waals surface area contributed by atoms with E-state index in [1.807, 2.05) is 27.7 Å². The maximum atomic E-state index is 11.6. The van der Waals surface area contributed by atoms with Crippen LogP contribution in [-0.4, -0.2) is 26.3 Å². The summed E-state index contributed by atoms with van der Waals surface area (Å²) in [6.07, 6.45) is 1.54. The first-order valence-electron chi connectivity index (χ1n) is 5.51. The van der Waals surface area contributed by atoms with E-state index in [0.29, 0.717) is 6.54 Å². The van der Waals surface area contributed by atoms with Gasteiger partial charge in [0.25, 0.3) is 0 Å². The second-order valence-electron chi connectivity index (χ2n) is 4.57. The summed E-state index contributed by atoms with van der Waals surface area (Å²) < 4.78 is 25.7. The lowest BCUT2D eigenvalue weighted by Crippen LogP contribution is -2.49. The molecule has 0 rings (SSSR count). The molecule has 0 bridgehead atoms. The van der Waals surface area contributed by atoms with Crippen molar-refractivity contribution in [3.63, 3.8) is 0 Å². The molecule has 5 heteroatoms. The van der Waals surface area contributed by atoms with Crippen LogP contribution in [-0.2, 0) is 10.0 Å². The van der Waals surface area contributed by atoms with Crippen LogP contribution >= 0.6 is 0 Å². The number of rotatable bonds is 7. The minimum absolute atomic E-state index is 0.137. The zero-order valence-electron chi connectivity index (χ0n) is 10.2. The molecule has 0 aromatic rings. The Hall–Kier alpha value is -0.130. The molecule has 0 aliphatic heterocycles. The summed E-state index contributed by atoms with van der Waals surface area (Å²) in [4.78, 5) is 0. The van der Waals surface area contributed by atoms with Gasteiger partial charge in [-0.1, -0.05) is 27.7 Å². The van der Waals surface area contributed by atoms with Crippen molar-refractivity contribution in [2.45, 2.75) is 46.1 Å². The van der Waals surface area contributed by atoms with Gasteiger partial charge in [0.2, 0.25) is 10.0 Å². The van der Waals surface area contributed by atoms with Crippen molar-refractivity contribution in [2.75, 3.05) is 12.3 Å². The summed E-state index contributed by atoms with van der Waals surface area (Å²) >= 11 is 0. The number of hydrogen-bond acceptors (Lipinski definition) is 3. The van der Waals surface area contributed by atoms with E-state index in [1.54, 1.807) is 0 Å². The third-order valence-corrected chi connectivity index (χ3v) is 4.29. The molecule has 0 saturated heterocycles. The van der Waals surface area contributed by atoms with E-state index < -0.39 is 15.6 Å². The van der Waals surface area contributed by atoms with Gasteiger partial charge in [0.05, 0.1) is 5.75 Å². The average molecular weight is 236 g/mol. The third kappa shape index (κ3) is 6.12. The maximum absolute atomic E-state index is 11.6. The number of nitrogens with one attached hydrogen (secondary N) is 1. The van der Waals surface area contributed by atoms with Gasteiger partial charge in [0.1, 0.15) is 0 Å². The fraction of sp³-hybridized carbons (Fsp3) is 1.00. The summed E-state index contributed by atoms with van der Waals surface area (Å²) in [6, 6.07) is 0. The van der Waals surface area contributed by atoms with E-state index in [1.165, 1.54) is 0 Å². The summed E-state index contributed by atoms with van der Waals surface area (Å²) in [5.41, 5.74) is 5.59. The van der Waals surface area contributed by atoms with E-state index in [-0.39, 0.29) is 11.7 Å². The highest BCUT2D eigenvalue weighted by Gasteiger charge is 2.23. The molecule has 0 saturated carbocycles. The molecule has 4 nitrogen and oxygen atoms in total. The second-order valence-corrected chi connectivity index (χ2v) is 6.42. The molecule has 3 N–H and O–H groups in total. The lowest BCUT2D eigenvalue weighted by atomic mass is 9.95. The summed E-state index contributed by atoms with van der Waals surface area (Å²) in [5, 5.41) is 0. The van der Waals surface area contributed by atoms with Crippen molar-refractivity contribution >= 4 is 10.0 Å². The van der Waals surface area contributed by atoms with E-state index in [2.05, 4.69) is 4.72 Å². The van der Waals surface area contributed by atoms with Crippen molar-refractivity contribution in [3.05, 3.63) is 0 Å². The van der Waals surface area contributed by atoms with Gasteiger partial charge in [0, 0.05) is 12.1 Å². The van der Waals surface area contributed by atoms with E-state index >= 15 is 0 Å². The molecule has 0 radical (unpaired) electrons. The fourth-order valence-electron chi connectivity index (χ4n) is 1.25. The van der Waals surface area contributed by atoms with Gasteiger partial charge in [-0.3, -0.25) is 0 Å². The van der Waals surface area contributed by atoms with Gasteiger partial charge in [-0.05, 0) is 18.8 Å². The Morgan fingerprint density at radius 2 is 1.73 bits per heavy atom. The van der Waals surface area contributed by atoms with Crippen LogP contribution in [0.5, 0.6) is 0 Å². The van der Waals surface area contributed by atoms with Crippen LogP contribution in [0.25, 0.3) is 0 Å². The molecule has 0 atom stereocenters. The lowest BCUT2D eigenvalue weighted by Gasteiger charge is -2.26. The number of sulfonamides is 1. The van der Waals surface area contributed by atoms with Gasteiger partial charge >= 0.3 is 0 Å². The van der Waals surface area contributed by atoms with Crippen molar-refractivity contribution in [1.82, 2.24) is 4.72 Å². The molecule has 0 heterocycles. The highest BCUT2D eigenvalue weighted by molar-refractivity contribution is 7.89. The van der Waals surface area contributed by atoms with E-state index in [0.717, 1.165) is 12.8 Å². The van der Waals surface area contributed by atoms with Crippen LogP contribution in [0.2, 0.25) is 0 Å². The summed E-state index contributed by atoms with van der Waals surface area (Å²) in [5.74, 6) is 0.300. The summed E-state index contributed by atoms with van der Waals surface area (Å²) in [6.45, 7) is 8.04. The Bertz CT molecular complexity index is 269. The molecule has 0 aliphatic rings. The van der Waals surface area contributed by atoms with Gasteiger partial charge in [-0.2, -0.15) is 0 Å². The predicted octanol–water partition coefficient (Wildman–Crippen LogP) is 1.08. The first-order valence-corrected chi connectivity index (χ1v) is 7.16. The molecule has 0 amide bonds. The Morgan fingerprint density at radius 3 is 2.07 bits per heavy atom. The topological polar surface area (TPSA) is 72.2 Å². The monoisotopic (exact) mass is 236 g/mol. The van der Waals surface area contributed by atoms with Crippen LogP contribution in [0.3, 0.4) is 0 Å². The molecule has 0 unspecified atom stereocenters. The van der Waals surface area contributed by atoms with Crippen LogP contribution in [0.15, 0.2) is 0 Å². The molecule has 0 fully saturated rings. The van der Waals surface area contributed by atoms with Crippen molar-refractivity contribution in [2.24, 2.45) is 11.7 Å². The smallest absolute Gasteiger partial charge is 0.211 e. The molecule has 0 aromatic carbocycles. The van der Waals surface area contributed by atoms with Gasteiger partial charge in [0.15, 0.2) is 0 Å². The number of nitrogens with two attached hydrogens (primary N) is 1. The first-order chi connectivity index (χ1) is 6.74. The Morgan fingerprint density at radius 1 is 1.27 bits per heavy atom. The minimum atomic E-state index is -3.16. The lowest BCUT2D eigenvalue weighted by molar-refractivity contribution is 0.391. The molecule has 0 spiro atoms. The molecular weight excluding hydrogens is 212 g/mol. The SMILES string of the molecule is CCC(N)(CC)CNS(=O)(=O)CC(C)C. The average Bonchev–Trinajstić information content (AvgIpc) is 2.12. The highest BCUT2D eigenvalue weighted by Crippen LogP contribution is 2.10. The molecule has 0 aromatic heterocycles. The van der Waals surface area contributed by atoms with Crippen LogP contribution in [0.4, 0.5) is 0 Å². The Kier molecular flexibility index (Phi) is 5.77. The predicted molar refractivity (Wildman–Crippen MR) is 64.1 cm³/mol. The standard InChI is InChI=1S/C10H24N2O2S/c1-5-10(11,6-2)8-12-15(13,14)7-9(3)4/h9,12H,5-8,11H2,1-4H3. The third-order valence-electron chi connectivity index (χ3n) is 2.61. The minimum Gasteiger partial charge on any atom is -0.324 e. The normalized spacial score (nSPS) is 13.5. The maximum Gasteiger partial charge on any atom is 0.211 e. The first kappa shape index (κ1) is 14.9. The zero-order chi connectivity index (χ0) is 12.1. The van der Waals surface area contributed by atoms with Gasteiger partial charge in [-0.25, -0.2) is 13.1 Å². The van der Waals surface area contributed by atoms with Crippen LogP contribution < -0.4 is 10.5 Å². The number of hydrogen-bond donors (Lipinski definition) is 2. The van der Waals surface area contributed by atoms with Gasteiger partial charge < -0.3 is 5.73 Å². The molecular formula is C10H24N2O2S. The molecule has 92 valence electrons. The van der Waals surface area contributed by atoms with Crippen molar-refractivity contribution in [1.29, 1.82) is 0 Å². The van der Waals surface area contributed by atoms with Crippen molar-refractivity contribution in [3.8, 4) is 0 Å². The molecule has 15 heavy (non-hydrogen) atoms. The van der Waals surface area contributed by atoms with Gasteiger partial charge in [-0.15, -0.1) is 0 Å². The van der Waals surface area contributed by atoms with Crippen LogP contribution in [0.1, 0.15) is 40.5 Å². The zero-order valence-corrected chi connectivity index (χ0v) is 11.0. The quantitative estimate of drug-likeness (QED) is 0.695. The van der Waals surface area contributed by atoms with Crippen LogP contribution in [0, 0.1) is 5.92 Å². The summed E-state index contributed by atoms with van der Waals surface area (Å²) in [7, 11) is -3.16. The Labute approximate surface area is 93.7 Å². The largest absolute Gasteiger partial charge is 0.324 e. The highest BCUT2D eigenvalue weighted by atomic mass is 32.2. The Balaban J connectivity index is 4.26. The second kappa shape index (κ2) is 5.82. The van der Waals surface area contributed by atoms with Crippen molar-refractivity contribution < 1.29 is 8.42 Å².